The molecule has 0 saturated carbocycles. The number of carbonyl (C=O) groups is 2. The van der Waals surface area contributed by atoms with Gasteiger partial charge in [0.2, 0.25) is 0 Å². The number of aliphatic hydroxyl groups excluding tert-OH is 1. The second kappa shape index (κ2) is 11.8. The van der Waals surface area contributed by atoms with Crippen LogP contribution in [0.15, 0.2) is 18.2 Å². The third-order valence-electron chi connectivity index (χ3n) is 2.20. The molecule has 0 aliphatic rings. The molecule has 23 heavy (non-hydrogen) atoms. The summed E-state index contributed by atoms with van der Waals surface area (Å²) in [6, 6.07) is 5.34. The van der Waals surface area contributed by atoms with Gasteiger partial charge < -0.3 is 0 Å². The number of halogens is 1. The number of anilines is 1. The van der Waals surface area contributed by atoms with Gasteiger partial charge in [-0.1, -0.05) is 0 Å². The van der Waals surface area contributed by atoms with Gasteiger partial charge >= 0.3 is 140 Å². The first-order valence-electron chi connectivity index (χ1n) is 6.19. The molecule has 7 nitrogen and oxygen atoms in total. The molecule has 7 N–H and O–H groups in total. The molecule has 0 aliphatic carbocycles. The van der Waals surface area contributed by atoms with Crippen LogP contribution >= 0.6 is 32.5 Å². The van der Waals surface area contributed by atoms with Crippen LogP contribution in [0, 0.1) is 0 Å². The Balaban J connectivity index is 0.00000484. The molecule has 1 rings (SSSR count). The summed E-state index contributed by atoms with van der Waals surface area (Å²) in [5, 5.41) is 8.75. The molecule has 2 amide bonds. The fourth-order valence-corrected chi connectivity index (χ4v) is 12.6. The summed E-state index contributed by atoms with van der Waals surface area (Å²) in [6.07, 6.45) is 0. The average molecular weight is 444 g/mol. The van der Waals surface area contributed by atoms with Gasteiger partial charge in [-0.05, 0) is 0 Å². The molecular formula is C12H19AsClN3O4S2. The van der Waals surface area contributed by atoms with E-state index in [0.717, 1.165) is 4.35 Å². The van der Waals surface area contributed by atoms with E-state index in [-0.39, 0.29) is 37.1 Å². The van der Waals surface area contributed by atoms with Gasteiger partial charge in [0.1, 0.15) is 0 Å². The summed E-state index contributed by atoms with van der Waals surface area (Å²) in [6.45, 7) is 0.0692. The Hall–Kier alpha value is -0.732. The molecule has 0 unspecified atom stereocenters. The number of amides is 2. The minimum absolute atomic E-state index is 0. The van der Waals surface area contributed by atoms with E-state index in [4.69, 9.17) is 27.0 Å². The van der Waals surface area contributed by atoms with Crippen LogP contribution in [0.1, 0.15) is 0 Å². The van der Waals surface area contributed by atoms with E-state index in [1.54, 1.807) is 12.1 Å². The summed E-state index contributed by atoms with van der Waals surface area (Å²) in [5.41, 5.74) is 16.7. The average Bonchev–Trinajstić information content (AvgIpc) is 2.45. The van der Waals surface area contributed by atoms with Crippen LogP contribution in [0.3, 0.4) is 0 Å². The van der Waals surface area contributed by atoms with Gasteiger partial charge in [0, 0.05) is 0 Å². The van der Waals surface area contributed by atoms with Crippen LogP contribution in [0.4, 0.5) is 5.69 Å². The van der Waals surface area contributed by atoms with E-state index in [0.29, 0.717) is 11.4 Å². The molecular weight excluding hydrogens is 425 g/mol. The first-order chi connectivity index (χ1) is 10.4. The van der Waals surface area contributed by atoms with E-state index in [1.807, 2.05) is 6.07 Å². The number of nitrogens with two attached hydrogens (primary N) is 3. The fourth-order valence-electron chi connectivity index (χ4n) is 1.37. The van der Waals surface area contributed by atoms with Crippen LogP contribution in [-0.4, -0.2) is 54.0 Å². The molecule has 1 aromatic carbocycles. The van der Waals surface area contributed by atoms with Gasteiger partial charge in [-0.2, -0.15) is 0 Å². The Morgan fingerprint density at radius 3 is 2.17 bits per heavy atom. The van der Waals surface area contributed by atoms with E-state index < -0.39 is 24.2 Å². The molecule has 130 valence electrons. The predicted octanol–water partition coefficient (Wildman–Crippen LogP) is -0.806. The SMILES string of the molecule is Cl.NC(=O)CS[As](SCC(N)=O)c1ccc(OCCO)c(N)c1. The van der Waals surface area contributed by atoms with Gasteiger partial charge in [0.15, 0.2) is 0 Å². The number of nitrogen functional groups attached to an aromatic ring is 1. The zero-order valence-electron chi connectivity index (χ0n) is 12.1. The molecule has 0 saturated heterocycles. The monoisotopic (exact) mass is 443 g/mol. The first kappa shape index (κ1) is 22.3. The van der Waals surface area contributed by atoms with Crippen molar-refractivity contribution >= 4 is 66.6 Å². The normalized spacial score (nSPS) is 10.2. The van der Waals surface area contributed by atoms with E-state index in [9.17, 15) is 9.59 Å². The van der Waals surface area contributed by atoms with Crippen molar-refractivity contribution in [1.82, 2.24) is 0 Å². The molecule has 0 aliphatic heterocycles. The van der Waals surface area contributed by atoms with Crippen molar-refractivity contribution < 1.29 is 19.4 Å². The summed E-state index contributed by atoms with van der Waals surface area (Å²) in [5.74, 6) is 0.0643. The number of rotatable bonds is 10. The molecule has 0 aromatic heterocycles. The quantitative estimate of drug-likeness (QED) is 0.274. The number of ether oxygens (including phenoxy) is 1. The molecule has 11 heteroatoms. The van der Waals surface area contributed by atoms with Crippen molar-refractivity contribution in [3.63, 3.8) is 0 Å². The molecule has 0 atom stereocenters. The Labute approximate surface area is 151 Å². The first-order valence-corrected chi connectivity index (χ1v) is 13.6. The minimum atomic E-state index is -1.81. The van der Waals surface area contributed by atoms with Gasteiger partial charge in [-0.3, -0.25) is 0 Å². The number of carbonyl (C=O) groups excluding carboxylic acids is 2. The maximum atomic E-state index is 11.0. The molecule has 0 spiro atoms. The van der Waals surface area contributed by atoms with Crippen molar-refractivity contribution in [2.24, 2.45) is 11.5 Å². The Kier molecular flexibility index (Phi) is 11.4. The van der Waals surface area contributed by atoms with Gasteiger partial charge in [0.25, 0.3) is 0 Å². The van der Waals surface area contributed by atoms with E-state index in [2.05, 4.69) is 0 Å². The van der Waals surface area contributed by atoms with Gasteiger partial charge in [-0.25, -0.2) is 0 Å². The third kappa shape index (κ3) is 8.62. The van der Waals surface area contributed by atoms with E-state index >= 15 is 0 Å². The zero-order chi connectivity index (χ0) is 16.5. The number of benzene rings is 1. The molecule has 0 bridgehead atoms. The number of aliphatic hydroxyl groups is 1. The topological polar surface area (TPSA) is 142 Å². The van der Waals surface area contributed by atoms with Crippen molar-refractivity contribution in [3.8, 4) is 5.75 Å². The molecule has 0 fully saturated rings. The second-order valence-corrected chi connectivity index (χ2v) is 15.5. The van der Waals surface area contributed by atoms with Crippen molar-refractivity contribution in [1.29, 1.82) is 0 Å². The fraction of sp³-hybridized carbons (Fsp3) is 0.333. The van der Waals surface area contributed by atoms with Crippen LogP contribution in [0.25, 0.3) is 0 Å². The van der Waals surface area contributed by atoms with Crippen LogP contribution < -0.4 is 26.3 Å². The van der Waals surface area contributed by atoms with Gasteiger partial charge in [-0.15, -0.1) is 12.4 Å². The molecule has 1 aromatic rings. The predicted molar refractivity (Wildman–Crippen MR) is 99.4 cm³/mol. The maximum absolute atomic E-state index is 11.0. The number of hydrogen-bond acceptors (Lipinski definition) is 7. The van der Waals surface area contributed by atoms with Crippen LogP contribution in [-0.2, 0) is 9.59 Å². The van der Waals surface area contributed by atoms with Crippen molar-refractivity contribution in [2.75, 3.05) is 30.5 Å². The standard InChI is InChI=1S/C12H18AsN3O4S2.ClH/c14-9-5-8(1-2-10(9)20-4-3-17)13(21-6-11(15)18)22-7-12(16)19;/h1-2,5,17H,3-4,6-7,14H2,(H2,15,18)(H2,16,19);1H. The van der Waals surface area contributed by atoms with Crippen LogP contribution in [0.5, 0.6) is 5.75 Å². The van der Waals surface area contributed by atoms with Crippen molar-refractivity contribution in [2.45, 2.75) is 0 Å². The van der Waals surface area contributed by atoms with Gasteiger partial charge in [0.05, 0.1) is 0 Å². The molecule has 0 radical (unpaired) electrons. The Morgan fingerprint density at radius 2 is 1.74 bits per heavy atom. The number of hydrogen-bond donors (Lipinski definition) is 4. The third-order valence-corrected chi connectivity index (χ3v) is 15.0. The molecule has 0 heterocycles. The summed E-state index contributed by atoms with van der Waals surface area (Å²) in [4.78, 5) is 21.9. The summed E-state index contributed by atoms with van der Waals surface area (Å²) >= 11 is -1.81. The van der Waals surface area contributed by atoms with E-state index in [1.165, 1.54) is 20.0 Å². The zero-order valence-corrected chi connectivity index (χ0v) is 16.5. The Bertz CT molecular complexity index is 521. The Morgan fingerprint density at radius 1 is 1.17 bits per heavy atom. The van der Waals surface area contributed by atoms with Crippen LogP contribution in [0.2, 0.25) is 0 Å². The second-order valence-electron chi connectivity index (χ2n) is 4.03. The number of primary amides is 2. The summed E-state index contributed by atoms with van der Waals surface area (Å²) in [7, 11) is 2.89. The summed E-state index contributed by atoms with van der Waals surface area (Å²) < 4.78 is 6.27. The van der Waals surface area contributed by atoms with Crippen molar-refractivity contribution in [3.05, 3.63) is 18.2 Å².